The average Bonchev–Trinajstić information content (AvgIpc) is 3.08. The van der Waals surface area contributed by atoms with Crippen LogP contribution >= 0.6 is 15.9 Å². The Labute approximate surface area is 209 Å². The van der Waals surface area contributed by atoms with Gasteiger partial charge >= 0.3 is 6.18 Å². The summed E-state index contributed by atoms with van der Waals surface area (Å²) in [4.78, 5) is 17.6. The topological polar surface area (TPSA) is 66.4 Å². The number of ether oxygens (including phenoxy) is 1. The van der Waals surface area contributed by atoms with Crippen molar-refractivity contribution in [3.8, 4) is 0 Å². The molecule has 0 radical (unpaired) electrons. The maximum atomic E-state index is 13.6. The van der Waals surface area contributed by atoms with Gasteiger partial charge in [-0.25, -0.2) is 9.97 Å². The first-order valence-electron chi connectivity index (χ1n) is 11.4. The highest BCUT2D eigenvalue weighted by Gasteiger charge is 2.36. The van der Waals surface area contributed by atoms with Crippen molar-refractivity contribution in [1.29, 1.82) is 0 Å². The number of aromatic nitrogens is 3. The van der Waals surface area contributed by atoms with E-state index in [1.54, 1.807) is 4.90 Å². The molecule has 11 heteroatoms. The summed E-state index contributed by atoms with van der Waals surface area (Å²) in [5, 5.41) is 3.41. The minimum absolute atomic E-state index is 0.0448. The number of anilines is 4. The van der Waals surface area contributed by atoms with Gasteiger partial charge < -0.3 is 19.9 Å². The summed E-state index contributed by atoms with van der Waals surface area (Å²) in [5.74, 6) is 1.24. The third-order valence-corrected chi connectivity index (χ3v) is 6.65. The Bertz CT molecular complexity index is 1180. The van der Waals surface area contributed by atoms with Crippen LogP contribution in [0.4, 0.5) is 36.4 Å². The van der Waals surface area contributed by atoms with Gasteiger partial charge in [0.25, 0.3) is 0 Å². The number of benzene rings is 1. The molecule has 35 heavy (non-hydrogen) atoms. The molecule has 1 saturated heterocycles. The lowest BCUT2D eigenvalue weighted by Gasteiger charge is -2.28. The normalized spacial score (nSPS) is 16.6. The molecular weight excluding hydrogens is 525 g/mol. The molecule has 3 aromatic rings. The molecule has 2 aromatic heterocycles. The maximum absolute atomic E-state index is 13.6. The number of fused-ring (bicyclic) bond motifs is 1. The van der Waals surface area contributed by atoms with E-state index in [0.29, 0.717) is 64.0 Å². The van der Waals surface area contributed by atoms with Crippen LogP contribution in [0.2, 0.25) is 0 Å². The van der Waals surface area contributed by atoms with Gasteiger partial charge in [0, 0.05) is 54.5 Å². The molecule has 0 amide bonds. The fourth-order valence-electron chi connectivity index (χ4n) is 4.35. The zero-order valence-electron chi connectivity index (χ0n) is 18.9. The standard InChI is InChI=1S/C24H24BrF3N6O/c25-16-3-5-17(6-4-16)30-21-18-7-10-33(22-19(24(26,27)28)2-1-9-29-22)11-8-20(18)31-23(32-21)34-12-14-35-15-13-34/h1-6,9H,7-8,10-15H2,(H,30,31,32). The molecular formula is C24H24BrF3N6O. The Morgan fingerprint density at radius 3 is 2.40 bits per heavy atom. The SMILES string of the molecule is FC(F)(F)c1cccnc1N1CCc2nc(N3CCOCC3)nc(Nc3ccc(Br)cc3)c2CC1. The third kappa shape index (κ3) is 5.35. The van der Waals surface area contributed by atoms with Crippen LogP contribution in [0.1, 0.15) is 16.8 Å². The number of rotatable bonds is 4. The molecule has 0 atom stereocenters. The highest BCUT2D eigenvalue weighted by molar-refractivity contribution is 9.10. The average molecular weight is 549 g/mol. The van der Waals surface area contributed by atoms with Crippen molar-refractivity contribution < 1.29 is 17.9 Å². The van der Waals surface area contributed by atoms with Crippen molar-refractivity contribution in [2.24, 2.45) is 0 Å². The van der Waals surface area contributed by atoms with Gasteiger partial charge in [0.2, 0.25) is 5.95 Å². The number of alkyl halides is 3. The van der Waals surface area contributed by atoms with Gasteiger partial charge in [-0.1, -0.05) is 15.9 Å². The van der Waals surface area contributed by atoms with E-state index in [2.05, 4.69) is 31.1 Å². The van der Waals surface area contributed by atoms with Gasteiger partial charge in [-0.2, -0.15) is 18.2 Å². The van der Waals surface area contributed by atoms with Crippen LogP contribution in [0.5, 0.6) is 0 Å². The fourth-order valence-corrected chi connectivity index (χ4v) is 4.61. The molecule has 1 fully saturated rings. The highest BCUT2D eigenvalue weighted by atomic mass is 79.9. The van der Waals surface area contributed by atoms with Crippen LogP contribution in [0.15, 0.2) is 47.1 Å². The molecule has 7 nitrogen and oxygen atoms in total. The van der Waals surface area contributed by atoms with Gasteiger partial charge in [0.05, 0.1) is 24.5 Å². The summed E-state index contributed by atoms with van der Waals surface area (Å²) in [6, 6.07) is 10.2. The Morgan fingerprint density at radius 2 is 1.66 bits per heavy atom. The second kappa shape index (κ2) is 9.98. The Hall–Kier alpha value is -2.92. The maximum Gasteiger partial charge on any atom is 0.419 e. The molecule has 2 aliphatic rings. The summed E-state index contributed by atoms with van der Waals surface area (Å²) in [7, 11) is 0. The summed E-state index contributed by atoms with van der Waals surface area (Å²) >= 11 is 3.45. The second-order valence-corrected chi connectivity index (χ2v) is 9.30. The second-order valence-electron chi connectivity index (χ2n) is 8.39. The van der Waals surface area contributed by atoms with Crippen LogP contribution in [0, 0.1) is 0 Å². The lowest BCUT2D eigenvalue weighted by molar-refractivity contribution is -0.137. The number of nitrogens with one attached hydrogen (secondary N) is 1. The molecule has 0 aliphatic carbocycles. The molecule has 1 aromatic carbocycles. The molecule has 4 heterocycles. The van der Waals surface area contributed by atoms with Crippen LogP contribution in [-0.4, -0.2) is 54.3 Å². The van der Waals surface area contributed by atoms with Gasteiger partial charge in [0.1, 0.15) is 11.6 Å². The van der Waals surface area contributed by atoms with E-state index >= 15 is 0 Å². The van der Waals surface area contributed by atoms with E-state index in [4.69, 9.17) is 14.7 Å². The number of hydrogen-bond donors (Lipinski definition) is 1. The first-order valence-corrected chi connectivity index (χ1v) is 12.2. The van der Waals surface area contributed by atoms with Gasteiger partial charge in [0.15, 0.2) is 0 Å². The molecule has 2 aliphatic heterocycles. The summed E-state index contributed by atoms with van der Waals surface area (Å²) in [6.45, 7) is 3.33. The Kier molecular flexibility index (Phi) is 6.79. The predicted octanol–water partition coefficient (Wildman–Crippen LogP) is 4.84. The van der Waals surface area contributed by atoms with Gasteiger partial charge in [-0.3, -0.25) is 0 Å². The molecule has 1 N–H and O–H groups in total. The van der Waals surface area contributed by atoms with E-state index in [9.17, 15) is 13.2 Å². The number of pyridine rings is 1. The van der Waals surface area contributed by atoms with E-state index in [1.165, 1.54) is 12.3 Å². The molecule has 0 bridgehead atoms. The number of halogens is 4. The van der Waals surface area contributed by atoms with Crippen molar-refractivity contribution in [3.63, 3.8) is 0 Å². The lowest BCUT2D eigenvalue weighted by Crippen LogP contribution is -2.37. The zero-order valence-corrected chi connectivity index (χ0v) is 20.4. The van der Waals surface area contributed by atoms with Crippen LogP contribution < -0.4 is 15.1 Å². The molecule has 5 rings (SSSR count). The van der Waals surface area contributed by atoms with Crippen molar-refractivity contribution >= 4 is 39.2 Å². The minimum atomic E-state index is -4.47. The number of nitrogens with zero attached hydrogens (tertiary/aromatic N) is 5. The van der Waals surface area contributed by atoms with Crippen molar-refractivity contribution in [2.45, 2.75) is 19.0 Å². The van der Waals surface area contributed by atoms with Crippen LogP contribution in [0.25, 0.3) is 0 Å². The minimum Gasteiger partial charge on any atom is -0.378 e. The highest BCUT2D eigenvalue weighted by Crippen LogP contribution is 2.36. The van der Waals surface area contributed by atoms with Crippen molar-refractivity contribution in [3.05, 3.63) is 63.9 Å². The van der Waals surface area contributed by atoms with Gasteiger partial charge in [-0.15, -0.1) is 0 Å². The molecule has 0 spiro atoms. The zero-order chi connectivity index (χ0) is 24.4. The van der Waals surface area contributed by atoms with Crippen molar-refractivity contribution in [1.82, 2.24) is 15.0 Å². The van der Waals surface area contributed by atoms with Gasteiger partial charge in [-0.05, 0) is 42.8 Å². The summed E-state index contributed by atoms with van der Waals surface area (Å²) < 4.78 is 47.4. The van der Waals surface area contributed by atoms with E-state index < -0.39 is 11.7 Å². The smallest absolute Gasteiger partial charge is 0.378 e. The van der Waals surface area contributed by atoms with E-state index in [0.717, 1.165) is 27.5 Å². The molecule has 0 saturated carbocycles. The van der Waals surface area contributed by atoms with E-state index in [-0.39, 0.29) is 5.82 Å². The van der Waals surface area contributed by atoms with Crippen LogP contribution in [-0.2, 0) is 23.8 Å². The lowest BCUT2D eigenvalue weighted by atomic mass is 10.1. The molecule has 0 unspecified atom stereocenters. The first-order chi connectivity index (χ1) is 16.9. The van der Waals surface area contributed by atoms with Crippen molar-refractivity contribution in [2.75, 3.05) is 54.5 Å². The largest absolute Gasteiger partial charge is 0.419 e. The van der Waals surface area contributed by atoms with Crippen LogP contribution in [0.3, 0.4) is 0 Å². The summed E-state index contributed by atoms with van der Waals surface area (Å²) in [5.41, 5.74) is 1.90. The Morgan fingerprint density at radius 1 is 0.914 bits per heavy atom. The number of morpholine rings is 1. The first kappa shape index (κ1) is 23.8. The third-order valence-electron chi connectivity index (χ3n) is 6.12. The number of hydrogen-bond acceptors (Lipinski definition) is 7. The predicted molar refractivity (Wildman–Crippen MR) is 131 cm³/mol. The fraction of sp³-hybridized carbons (Fsp3) is 0.375. The monoisotopic (exact) mass is 548 g/mol. The van der Waals surface area contributed by atoms with E-state index in [1.807, 2.05) is 24.3 Å². The Balaban J connectivity index is 1.49. The quantitative estimate of drug-likeness (QED) is 0.500. The summed E-state index contributed by atoms with van der Waals surface area (Å²) in [6.07, 6.45) is -2.09. The molecule has 184 valence electrons.